The Labute approximate surface area is 108 Å². The van der Waals surface area contributed by atoms with Crippen LogP contribution in [-0.4, -0.2) is 40.3 Å². The van der Waals surface area contributed by atoms with Crippen LogP contribution >= 0.6 is 0 Å². The molecule has 0 radical (unpaired) electrons. The predicted octanol–water partition coefficient (Wildman–Crippen LogP) is 0.0902. The average Bonchev–Trinajstić information content (AvgIpc) is 2.21. The molecule has 0 aromatic rings. The molecule has 0 aliphatic rings. The maximum atomic E-state index is 11.6. The van der Waals surface area contributed by atoms with Gasteiger partial charge >= 0.3 is 5.97 Å². The highest BCUT2D eigenvalue weighted by atomic mass is 16.4. The molecule has 0 aromatic heterocycles. The summed E-state index contributed by atoms with van der Waals surface area (Å²) >= 11 is 0. The van der Waals surface area contributed by atoms with Crippen molar-refractivity contribution in [3.8, 4) is 0 Å². The van der Waals surface area contributed by atoms with Gasteiger partial charge < -0.3 is 21.3 Å². The first kappa shape index (κ1) is 16.9. The Balaban J connectivity index is 4.31. The minimum Gasteiger partial charge on any atom is -0.481 e. The number of aliphatic hydroxyl groups excluding tert-OH is 1. The van der Waals surface area contributed by atoms with Crippen molar-refractivity contribution in [3.05, 3.63) is 0 Å². The summed E-state index contributed by atoms with van der Waals surface area (Å²) in [6.45, 7) is 5.70. The molecule has 106 valence electrons. The quantitative estimate of drug-likeness (QED) is 0.494. The van der Waals surface area contributed by atoms with Crippen LogP contribution in [-0.2, 0) is 9.59 Å². The average molecular weight is 260 g/mol. The van der Waals surface area contributed by atoms with Crippen molar-refractivity contribution in [2.75, 3.05) is 0 Å². The molecular formula is C12H24N2O4. The molecule has 0 saturated carbocycles. The van der Waals surface area contributed by atoms with Crippen molar-refractivity contribution in [2.45, 2.75) is 58.2 Å². The fourth-order valence-corrected chi connectivity index (χ4v) is 1.52. The number of hydrogen-bond acceptors (Lipinski definition) is 4. The van der Waals surface area contributed by atoms with Crippen molar-refractivity contribution in [3.63, 3.8) is 0 Å². The molecule has 0 aromatic carbocycles. The molecule has 0 saturated heterocycles. The summed E-state index contributed by atoms with van der Waals surface area (Å²) < 4.78 is 0. The lowest BCUT2D eigenvalue weighted by molar-refractivity contribution is -0.139. The number of aliphatic hydroxyl groups is 1. The van der Waals surface area contributed by atoms with E-state index in [0.29, 0.717) is 12.3 Å². The predicted molar refractivity (Wildman–Crippen MR) is 67.9 cm³/mol. The zero-order valence-corrected chi connectivity index (χ0v) is 11.2. The molecule has 6 heteroatoms. The van der Waals surface area contributed by atoms with E-state index in [4.69, 9.17) is 10.8 Å². The van der Waals surface area contributed by atoms with E-state index in [2.05, 4.69) is 19.2 Å². The zero-order chi connectivity index (χ0) is 14.3. The summed E-state index contributed by atoms with van der Waals surface area (Å²) in [4.78, 5) is 22.1. The fraction of sp³-hybridized carbons (Fsp3) is 0.833. The molecule has 0 aliphatic heterocycles. The van der Waals surface area contributed by atoms with E-state index in [0.717, 1.165) is 6.42 Å². The first-order valence-corrected chi connectivity index (χ1v) is 6.19. The van der Waals surface area contributed by atoms with Gasteiger partial charge in [-0.1, -0.05) is 13.8 Å². The third kappa shape index (κ3) is 7.24. The molecule has 2 unspecified atom stereocenters. The summed E-state index contributed by atoms with van der Waals surface area (Å²) in [5, 5.41) is 20.7. The number of carboxylic acids is 1. The van der Waals surface area contributed by atoms with Gasteiger partial charge in [-0.3, -0.25) is 9.59 Å². The zero-order valence-electron chi connectivity index (χ0n) is 11.2. The number of carboxylic acid groups (broad SMARTS) is 1. The summed E-state index contributed by atoms with van der Waals surface area (Å²) in [5.74, 6) is -1.18. The van der Waals surface area contributed by atoms with E-state index in [1.807, 2.05) is 0 Å². The number of rotatable bonds is 8. The van der Waals surface area contributed by atoms with Gasteiger partial charge in [-0.05, 0) is 25.7 Å². The van der Waals surface area contributed by atoms with Gasteiger partial charge in [-0.25, -0.2) is 0 Å². The highest BCUT2D eigenvalue weighted by Gasteiger charge is 2.22. The monoisotopic (exact) mass is 260 g/mol. The number of nitrogens with two attached hydrogens (primary N) is 1. The minimum absolute atomic E-state index is 0.389. The highest BCUT2D eigenvalue weighted by Crippen LogP contribution is 2.10. The normalized spacial score (nSPS) is 16.1. The standard InChI is InChI=1S/C12H24N2O4/c1-7(2)4-5-10(8(3)15)14-12(18)9(13)6-11(16)17/h7-10,15H,4-6,13H2,1-3H3,(H,14,18)(H,16,17)/t8?,9-,10?/m0/s1. The Kier molecular flexibility index (Phi) is 7.54. The van der Waals surface area contributed by atoms with Crippen LogP contribution in [0.2, 0.25) is 0 Å². The van der Waals surface area contributed by atoms with Crippen LogP contribution in [0, 0.1) is 5.92 Å². The van der Waals surface area contributed by atoms with E-state index < -0.39 is 30.4 Å². The van der Waals surface area contributed by atoms with Crippen LogP contribution in [0.4, 0.5) is 0 Å². The molecule has 0 aliphatic carbocycles. The van der Waals surface area contributed by atoms with Crippen molar-refractivity contribution in [1.29, 1.82) is 0 Å². The van der Waals surface area contributed by atoms with Gasteiger partial charge in [0.2, 0.25) is 5.91 Å². The van der Waals surface area contributed by atoms with Gasteiger partial charge in [0.25, 0.3) is 0 Å². The smallest absolute Gasteiger partial charge is 0.305 e. The molecule has 0 fully saturated rings. The molecule has 0 bridgehead atoms. The molecule has 5 N–H and O–H groups in total. The van der Waals surface area contributed by atoms with Crippen LogP contribution < -0.4 is 11.1 Å². The Morgan fingerprint density at radius 1 is 1.22 bits per heavy atom. The van der Waals surface area contributed by atoms with Gasteiger partial charge in [0, 0.05) is 0 Å². The molecule has 3 atom stereocenters. The van der Waals surface area contributed by atoms with E-state index >= 15 is 0 Å². The second-order valence-corrected chi connectivity index (χ2v) is 5.03. The number of amides is 1. The van der Waals surface area contributed by atoms with Gasteiger partial charge in [-0.15, -0.1) is 0 Å². The Bertz CT molecular complexity index is 279. The second kappa shape index (κ2) is 8.05. The van der Waals surface area contributed by atoms with Crippen molar-refractivity contribution >= 4 is 11.9 Å². The lowest BCUT2D eigenvalue weighted by Gasteiger charge is -2.23. The van der Waals surface area contributed by atoms with Crippen molar-refractivity contribution in [2.24, 2.45) is 11.7 Å². The summed E-state index contributed by atoms with van der Waals surface area (Å²) in [7, 11) is 0. The summed E-state index contributed by atoms with van der Waals surface area (Å²) in [6, 6.07) is -1.47. The van der Waals surface area contributed by atoms with Gasteiger partial charge in [0.05, 0.1) is 24.6 Å². The highest BCUT2D eigenvalue weighted by molar-refractivity contribution is 5.86. The maximum Gasteiger partial charge on any atom is 0.305 e. The summed E-state index contributed by atoms with van der Waals surface area (Å²) in [6.07, 6.45) is 0.401. The lowest BCUT2D eigenvalue weighted by Crippen LogP contribution is -2.49. The summed E-state index contributed by atoms with van der Waals surface area (Å²) in [5.41, 5.74) is 5.45. The molecule has 0 rings (SSSR count). The molecule has 18 heavy (non-hydrogen) atoms. The number of aliphatic carboxylic acids is 1. The lowest BCUT2D eigenvalue weighted by atomic mass is 10.00. The van der Waals surface area contributed by atoms with Crippen LogP contribution in [0.1, 0.15) is 40.0 Å². The first-order chi connectivity index (χ1) is 8.23. The van der Waals surface area contributed by atoms with Crippen LogP contribution in [0.3, 0.4) is 0 Å². The molecule has 0 heterocycles. The topological polar surface area (TPSA) is 113 Å². The first-order valence-electron chi connectivity index (χ1n) is 6.19. The largest absolute Gasteiger partial charge is 0.481 e. The number of carbonyl (C=O) groups excluding carboxylic acids is 1. The second-order valence-electron chi connectivity index (χ2n) is 5.03. The van der Waals surface area contributed by atoms with Gasteiger partial charge in [0.1, 0.15) is 0 Å². The van der Waals surface area contributed by atoms with Gasteiger partial charge in [-0.2, -0.15) is 0 Å². The van der Waals surface area contributed by atoms with Crippen molar-refractivity contribution < 1.29 is 19.8 Å². The third-order valence-corrected chi connectivity index (χ3v) is 2.70. The van der Waals surface area contributed by atoms with E-state index in [1.165, 1.54) is 0 Å². The van der Waals surface area contributed by atoms with Crippen LogP contribution in [0.25, 0.3) is 0 Å². The number of carbonyl (C=O) groups is 2. The number of hydrogen-bond donors (Lipinski definition) is 4. The van der Waals surface area contributed by atoms with E-state index in [1.54, 1.807) is 6.92 Å². The van der Waals surface area contributed by atoms with Gasteiger partial charge in [0.15, 0.2) is 0 Å². The molecule has 6 nitrogen and oxygen atoms in total. The number of nitrogens with one attached hydrogen (secondary N) is 1. The van der Waals surface area contributed by atoms with Crippen LogP contribution in [0.15, 0.2) is 0 Å². The molecule has 0 spiro atoms. The Hall–Kier alpha value is -1.14. The van der Waals surface area contributed by atoms with Crippen molar-refractivity contribution in [1.82, 2.24) is 5.32 Å². The maximum absolute atomic E-state index is 11.6. The fourth-order valence-electron chi connectivity index (χ4n) is 1.52. The Morgan fingerprint density at radius 2 is 1.78 bits per heavy atom. The molecule has 1 amide bonds. The Morgan fingerprint density at radius 3 is 2.17 bits per heavy atom. The SMILES string of the molecule is CC(C)CCC(NC(=O)[C@@H](N)CC(=O)O)C(C)O. The van der Waals surface area contributed by atoms with E-state index in [-0.39, 0.29) is 6.04 Å². The molecular weight excluding hydrogens is 236 g/mol. The minimum atomic E-state index is -1.12. The van der Waals surface area contributed by atoms with E-state index in [9.17, 15) is 14.7 Å². The third-order valence-electron chi connectivity index (χ3n) is 2.70. The van der Waals surface area contributed by atoms with Crippen LogP contribution in [0.5, 0.6) is 0 Å².